The standard InChI is InChI=1S/C16H20ClNO3S/c1-11(2)13(12-7-5-6-8-14(12)17)10-22(19,20)15-9-16(3,4)21-18-15/h5-8H,9-10H2,1-4H3. The Balaban J connectivity index is 2.35. The van der Waals surface area contributed by atoms with E-state index >= 15 is 0 Å². The van der Waals surface area contributed by atoms with E-state index < -0.39 is 15.4 Å². The minimum atomic E-state index is -3.53. The van der Waals surface area contributed by atoms with Crippen molar-refractivity contribution in [3.05, 3.63) is 40.4 Å². The molecule has 0 saturated heterocycles. The summed E-state index contributed by atoms with van der Waals surface area (Å²) >= 11 is 6.21. The molecule has 6 heteroatoms. The third kappa shape index (κ3) is 3.70. The zero-order valence-electron chi connectivity index (χ0n) is 13.2. The van der Waals surface area contributed by atoms with E-state index in [2.05, 4.69) is 5.16 Å². The lowest BCUT2D eigenvalue weighted by Crippen LogP contribution is -2.24. The summed E-state index contributed by atoms with van der Waals surface area (Å²) in [5.74, 6) is -0.128. The molecule has 0 atom stereocenters. The molecule has 0 aliphatic carbocycles. The van der Waals surface area contributed by atoms with Crippen molar-refractivity contribution in [3.8, 4) is 0 Å². The van der Waals surface area contributed by atoms with E-state index in [1.807, 2.05) is 45.9 Å². The number of benzene rings is 1. The van der Waals surface area contributed by atoms with Crippen molar-refractivity contribution in [2.24, 2.45) is 5.16 Å². The van der Waals surface area contributed by atoms with Crippen LogP contribution in [0.3, 0.4) is 0 Å². The summed E-state index contributed by atoms with van der Waals surface area (Å²) in [6, 6.07) is 7.25. The van der Waals surface area contributed by atoms with Gasteiger partial charge in [-0.15, -0.1) is 0 Å². The number of rotatable bonds is 3. The van der Waals surface area contributed by atoms with Gasteiger partial charge < -0.3 is 4.84 Å². The summed E-state index contributed by atoms with van der Waals surface area (Å²) in [6.07, 6.45) is 0.286. The maximum atomic E-state index is 12.6. The number of oxime groups is 1. The van der Waals surface area contributed by atoms with Crippen molar-refractivity contribution >= 4 is 32.1 Å². The van der Waals surface area contributed by atoms with E-state index in [4.69, 9.17) is 16.4 Å². The second-order valence-electron chi connectivity index (χ2n) is 6.23. The Bertz CT molecular complexity index is 744. The summed E-state index contributed by atoms with van der Waals surface area (Å²) in [6.45, 7) is 7.39. The highest BCUT2D eigenvalue weighted by Crippen LogP contribution is 2.30. The van der Waals surface area contributed by atoms with Crippen molar-refractivity contribution in [2.75, 3.05) is 5.75 Å². The van der Waals surface area contributed by atoms with Crippen LogP contribution in [-0.2, 0) is 14.7 Å². The van der Waals surface area contributed by atoms with Gasteiger partial charge in [-0.05, 0) is 44.9 Å². The third-order valence-electron chi connectivity index (χ3n) is 3.47. The molecule has 1 aliphatic rings. The zero-order chi connectivity index (χ0) is 16.5. The summed E-state index contributed by atoms with van der Waals surface area (Å²) in [4.78, 5) is 5.18. The van der Waals surface area contributed by atoms with Crippen LogP contribution >= 0.6 is 11.6 Å². The van der Waals surface area contributed by atoms with Crippen LogP contribution in [0.5, 0.6) is 0 Å². The number of halogens is 1. The van der Waals surface area contributed by atoms with Gasteiger partial charge in [0, 0.05) is 11.4 Å². The molecule has 0 aromatic heterocycles. The Hall–Kier alpha value is -1.33. The highest BCUT2D eigenvalue weighted by molar-refractivity contribution is 8.06. The van der Waals surface area contributed by atoms with Crippen LogP contribution < -0.4 is 0 Å². The monoisotopic (exact) mass is 341 g/mol. The molecule has 0 unspecified atom stereocenters. The number of hydrogen-bond acceptors (Lipinski definition) is 4. The second-order valence-corrected chi connectivity index (χ2v) is 8.63. The van der Waals surface area contributed by atoms with Crippen molar-refractivity contribution in [1.29, 1.82) is 0 Å². The Labute approximate surface area is 136 Å². The van der Waals surface area contributed by atoms with Gasteiger partial charge in [0.2, 0.25) is 0 Å². The minimum absolute atomic E-state index is 0.100. The maximum absolute atomic E-state index is 12.6. The van der Waals surface area contributed by atoms with Crippen LogP contribution in [0, 0.1) is 0 Å². The van der Waals surface area contributed by atoms with Crippen molar-refractivity contribution in [1.82, 2.24) is 0 Å². The highest BCUT2D eigenvalue weighted by atomic mass is 35.5. The van der Waals surface area contributed by atoms with E-state index in [1.54, 1.807) is 6.07 Å². The van der Waals surface area contributed by atoms with Crippen LogP contribution in [0.15, 0.2) is 35.0 Å². The molecule has 22 heavy (non-hydrogen) atoms. The van der Waals surface area contributed by atoms with Gasteiger partial charge in [-0.2, -0.15) is 0 Å². The molecule has 2 rings (SSSR count). The molecule has 0 amide bonds. The van der Waals surface area contributed by atoms with Crippen LogP contribution in [0.25, 0.3) is 5.57 Å². The van der Waals surface area contributed by atoms with Crippen LogP contribution in [-0.4, -0.2) is 24.8 Å². The number of hydrogen-bond donors (Lipinski definition) is 0. The molecule has 1 aromatic rings. The third-order valence-corrected chi connectivity index (χ3v) is 5.40. The first-order valence-electron chi connectivity index (χ1n) is 7.01. The van der Waals surface area contributed by atoms with Crippen LogP contribution in [0.2, 0.25) is 5.02 Å². The van der Waals surface area contributed by atoms with Gasteiger partial charge in [-0.3, -0.25) is 0 Å². The van der Waals surface area contributed by atoms with E-state index in [-0.39, 0.29) is 17.2 Å². The van der Waals surface area contributed by atoms with Gasteiger partial charge in [-0.25, -0.2) is 8.42 Å². The van der Waals surface area contributed by atoms with E-state index in [0.717, 1.165) is 11.1 Å². The lowest BCUT2D eigenvalue weighted by Gasteiger charge is -2.14. The fourth-order valence-corrected chi connectivity index (χ4v) is 4.20. The highest BCUT2D eigenvalue weighted by Gasteiger charge is 2.36. The van der Waals surface area contributed by atoms with Gasteiger partial charge in [-0.1, -0.05) is 40.5 Å². The Kier molecular flexibility index (Phi) is 4.68. The second kappa shape index (κ2) is 6.05. The summed E-state index contributed by atoms with van der Waals surface area (Å²) < 4.78 is 25.3. The molecule has 0 fully saturated rings. The Morgan fingerprint density at radius 1 is 1.32 bits per heavy atom. The normalized spacial score (nSPS) is 16.9. The van der Waals surface area contributed by atoms with E-state index in [0.29, 0.717) is 10.6 Å². The Morgan fingerprint density at radius 3 is 2.45 bits per heavy atom. The van der Waals surface area contributed by atoms with Crippen molar-refractivity contribution in [2.45, 2.75) is 39.7 Å². The molecule has 0 radical (unpaired) electrons. The first-order chi connectivity index (χ1) is 10.1. The molecule has 0 saturated carbocycles. The fourth-order valence-electron chi connectivity index (χ4n) is 2.24. The lowest BCUT2D eigenvalue weighted by atomic mass is 10.0. The van der Waals surface area contributed by atoms with Gasteiger partial charge in [0.1, 0.15) is 5.60 Å². The summed E-state index contributed by atoms with van der Waals surface area (Å²) in [5.41, 5.74) is 1.79. The van der Waals surface area contributed by atoms with Crippen molar-refractivity contribution in [3.63, 3.8) is 0 Å². The number of nitrogens with zero attached hydrogens (tertiary/aromatic N) is 1. The zero-order valence-corrected chi connectivity index (χ0v) is 14.8. The van der Waals surface area contributed by atoms with E-state index in [9.17, 15) is 8.42 Å². The molecule has 1 aromatic carbocycles. The SMILES string of the molecule is CC(C)=C(CS(=O)(=O)C1=NOC(C)(C)C1)c1ccccc1Cl. The summed E-state index contributed by atoms with van der Waals surface area (Å²) in [5, 5.41) is 4.40. The average molecular weight is 342 g/mol. The van der Waals surface area contributed by atoms with Crippen LogP contribution in [0.4, 0.5) is 0 Å². The van der Waals surface area contributed by atoms with Gasteiger partial charge >= 0.3 is 0 Å². The van der Waals surface area contributed by atoms with E-state index in [1.165, 1.54) is 0 Å². The van der Waals surface area contributed by atoms with Gasteiger partial charge in [0.15, 0.2) is 14.9 Å². The first-order valence-corrected chi connectivity index (χ1v) is 9.04. The quantitative estimate of drug-likeness (QED) is 0.833. The molecule has 0 spiro atoms. The minimum Gasteiger partial charge on any atom is -0.389 e. The smallest absolute Gasteiger partial charge is 0.199 e. The topological polar surface area (TPSA) is 55.7 Å². The van der Waals surface area contributed by atoms with Crippen molar-refractivity contribution < 1.29 is 13.3 Å². The number of allylic oxidation sites excluding steroid dienone is 1. The van der Waals surface area contributed by atoms with Crippen LogP contribution in [0.1, 0.15) is 39.7 Å². The summed E-state index contributed by atoms with van der Waals surface area (Å²) in [7, 11) is -3.53. The molecule has 0 N–H and O–H groups in total. The Morgan fingerprint density at radius 2 is 1.95 bits per heavy atom. The number of sulfone groups is 1. The molecule has 0 bridgehead atoms. The molecular weight excluding hydrogens is 322 g/mol. The predicted molar refractivity (Wildman–Crippen MR) is 90.7 cm³/mol. The maximum Gasteiger partial charge on any atom is 0.199 e. The fraction of sp³-hybridized carbons (Fsp3) is 0.438. The molecular formula is C16H20ClNO3S. The molecule has 120 valence electrons. The van der Waals surface area contributed by atoms with Gasteiger partial charge in [0.25, 0.3) is 0 Å². The average Bonchev–Trinajstić information content (AvgIpc) is 2.78. The predicted octanol–water partition coefficient (Wildman–Crippen LogP) is 4.06. The van der Waals surface area contributed by atoms with Gasteiger partial charge in [0.05, 0.1) is 5.75 Å². The first kappa shape index (κ1) is 17.0. The molecule has 1 heterocycles. The molecule has 4 nitrogen and oxygen atoms in total. The lowest BCUT2D eigenvalue weighted by molar-refractivity contribution is 0.0123. The largest absolute Gasteiger partial charge is 0.389 e. The molecule has 1 aliphatic heterocycles.